The summed E-state index contributed by atoms with van der Waals surface area (Å²) in [5.74, 6) is 2.16. The molecular weight excluding hydrogens is 324 g/mol. The van der Waals surface area contributed by atoms with Gasteiger partial charge in [-0.05, 0) is 30.5 Å². The number of oxazole rings is 1. The van der Waals surface area contributed by atoms with Gasteiger partial charge in [-0.15, -0.1) is 0 Å². The molecule has 4 nitrogen and oxygen atoms in total. The molecule has 1 aromatic heterocycles. The largest absolute Gasteiger partial charge is 0.445 e. The van der Waals surface area contributed by atoms with Gasteiger partial charge in [-0.3, -0.25) is 4.79 Å². The van der Waals surface area contributed by atoms with Crippen molar-refractivity contribution in [1.82, 2.24) is 9.88 Å². The summed E-state index contributed by atoms with van der Waals surface area (Å²) in [6.07, 6.45) is 4.40. The van der Waals surface area contributed by atoms with E-state index >= 15 is 0 Å². The van der Waals surface area contributed by atoms with Crippen LogP contribution in [0.5, 0.6) is 0 Å². The third kappa shape index (κ3) is 3.69. The van der Waals surface area contributed by atoms with Crippen molar-refractivity contribution in [1.29, 1.82) is 0 Å². The Morgan fingerprint density at radius 3 is 2.35 bits per heavy atom. The molecule has 2 heterocycles. The number of hydrogen-bond donors (Lipinski definition) is 0. The number of aromatic nitrogens is 1. The van der Waals surface area contributed by atoms with Gasteiger partial charge in [-0.2, -0.15) is 0 Å². The van der Waals surface area contributed by atoms with E-state index in [1.54, 1.807) is 0 Å². The van der Waals surface area contributed by atoms with Crippen LogP contribution < -0.4 is 0 Å². The van der Waals surface area contributed by atoms with E-state index in [0.717, 1.165) is 43.1 Å². The Labute approximate surface area is 153 Å². The lowest BCUT2D eigenvalue weighted by Gasteiger charge is -2.31. The Bertz CT molecular complexity index is 850. The van der Waals surface area contributed by atoms with Crippen LogP contribution in [0.1, 0.15) is 46.3 Å². The Hall–Kier alpha value is -2.88. The molecule has 3 aromatic rings. The first-order valence-electron chi connectivity index (χ1n) is 9.12. The highest BCUT2D eigenvalue weighted by molar-refractivity contribution is 5.94. The molecule has 1 aliphatic rings. The van der Waals surface area contributed by atoms with Crippen LogP contribution in [0.4, 0.5) is 0 Å². The number of benzene rings is 2. The molecule has 0 saturated carbocycles. The molecule has 4 heteroatoms. The van der Waals surface area contributed by atoms with E-state index in [1.807, 2.05) is 59.6 Å². The van der Waals surface area contributed by atoms with Crippen LogP contribution in [0, 0.1) is 0 Å². The van der Waals surface area contributed by atoms with Crippen LogP contribution in [0.15, 0.2) is 71.3 Å². The maximum Gasteiger partial charge on any atom is 0.253 e. The minimum atomic E-state index is 0.117. The molecule has 132 valence electrons. The summed E-state index contributed by atoms with van der Waals surface area (Å²) in [5.41, 5.74) is 1.96. The second-order valence-corrected chi connectivity index (χ2v) is 6.75. The zero-order valence-electron chi connectivity index (χ0n) is 14.7. The molecule has 2 aromatic carbocycles. The van der Waals surface area contributed by atoms with Crippen LogP contribution >= 0.6 is 0 Å². The average Bonchev–Trinajstić information content (AvgIpc) is 3.17. The number of rotatable bonds is 4. The summed E-state index contributed by atoms with van der Waals surface area (Å²) in [6, 6.07) is 19.7. The molecule has 1 fully saturated rings. The molecule has 0 unspecified atom stereocenters. The van der Waals surface area contributed by atoms with E-state index in [-0.39, 0.29) is 5.91 Å². The number of piperidine rings is 1. The van der Waals surface area contributed by atoms with Crippen LogP contribution in [0.3, 0.4) is 0 Å². The van der Waals surface area contributed by atoms with Crippen molar-refractivity contribution in [2.24, 2.45) is 0 Å². The fourth-order valence-corrected chi connectivity index (χ4v) is 3.50. The van der Waals surface area contributed by atoms with Gasteiger partial charge in [0, 0.05) is 31.0 Å². The van der Waals surface area contributed by atoms with Gasteiger partial charge in [0.05, 0.1) is 6.20 Å². The Balaban J connectivity index is 1.36. The predicted octanol–water partition coefficient (Wildman–Crippen LogP) is 4.29. The smallest absolute Gasteiger partial charge is 0.253 e. The van der Waals surface area contributed by atoms with Gasteiger partial charge in [-0.1, -0.05) is 48.5 Å². The summed E-state index contributed by atoms with van der Waals surface area (Å²) < 4.78 is 5.99. The highest BCUT2D eigenvalue weighted by atomic mass is 16.4. The van der Waals surface area contributed by atoms with E-state index in [1.165, 1.54) is 5.56 Å². The third-order valence-corrected chi connectivity index (χ3v) is 4.97. The molecule has 4 rings (SSSR count). The molecule has 0 spiro atoms. The molecule has 26 heavy (non-hydrogen) atoms. The van der Waals surface area contributed by atoms with Crippen molar-refractivity contribution in [2.75, 3.05) is 13.1 Å². The number of nitrogens with zero attached hydrogens (tertiary/aromatic N) is 2. The predicted molar refractivity (Wildman–Crippen MR) is 100 cm³/mol. The minimum Gasteiger partial charge on any atom is -0.445 e. The maximum absolute atomic E-state index is 12.5. The number of carbonyl (C=O) groups excluding carboxylic acids is 1. The number of likely N-dealkylation sites (tertiary alicyclic amines) is 1. The third-order valence-electron chi connectivity index (χ3n) is 4.97. The highest BCUT2D eigenvalue weighted by Crippen LogP contribution is 2.29. The zero-order valence-corrected chi connectivity index (χ0v) is 14.7. The quantitative estimate of drug-likeness (QED) is 0.708. The fraction of sp³-hybridized carbons (Fsp3) is 0.273. The molecule has 0 radical (unpaired) electrons. The summed E-state index contributed by atoms with van der Waals surface area (Å²) in [6.45, 7) is 1.51. The van der Waals surface area contributed by atoms with E-state index in [0.29, 0.717) is 12.3 Å². The molecule has 1 aliphatic heterocycles. The Morgan fingerprint density at radius 2 is 1.65 bits per heavy atom. The molecule has 1 amide bonds. The second-order valence-electron chi connectivity index (χ2n) is 6.75. The van der Waals surface area contributed by atoms with E-state index < -0.39 is 0 Å². The lowest BCUT2D eigenvalue weighted by molar-refractivity contribution is 0.0707. The lowest BCUT2D eigenvalue weighted by atomic mass is 9.94. The van der Waals surface area contributed by atoms with Gasteiger partial charge in [0.15, 0.2) is 5.89 Å². The first kappa shape index (κ1) is 16.6. The van der Waals surface area contributed by atoms with Crippen molar-refractivity contribution in [2.45, 2.75) is 25.2 Å². The molecular formula is C22H22N2O2. The summed E-state index contributed by atoms with van der Waals surface area (Å²) in [4.78, 5) is 18.9. The van der Waals surface area contributed by atoms with Crippen LogP contribution in [-0.2, 0) is 6.42 Å². The monoisotopic (exact) mass is 346 g/mol. The van der Waals surface area contributed by atoms with E-state index in [4.69, 9.17) is 4.42 Å². The van der Waals surface area contributed by atoms with Gasteiger partial charge in [0.1, 0.15) is 5.76 Å². The van der Waals surface area contributed by atoms with Gasteiger partial charge in [0.2, 0.25) is 0 Å². The average molecular weight is 346 g/mol. The van der Waals surface area contributed by atoms with Crippen LogP contribution in [-0.4, -0.2) is 28.9 Å². The highest BCUT2D eigenvalue weighted by Gasteiger charge is 2.26. The molecule has 1 saturated heterocycles. The topological polar surface area (TPSA) is 46.3 Å². The lowest BCUT2D eigenvalue weighted by Crippen LogP contribution is -2.37. The van der Waals surface area contributed by atoms with Crippen molar-refractivity contribution < 1.29 is 9.21 Å². The van der Waals surface area contributed by atoms with Gasteiger partial charge >= 0.3 is 0 Å². The Kier molecular flexibility index (Phi) is 4.82. The molecule has 0 atom stereocenters. The number of amides is 1. The molecule has 0 N–H and O–H groups in total. The summed E-state index contributed by atoms with van der Waals surface area (Å²) >= 11 is 0. The second kappa shape index (κ2) is 7.56. The van der Waals surface area contributed by atoms with Gasteiger partial charge in [0.25, 0.3) is 5.91 Å². The van der Waals surface area contributed by atoms with Crippen LogP contribution in [0.2, 0.25) is 0 Å². The number of carbonyl (C=O) groups is 1. The SMILES string of the molecule is O=C(c1ccccc1)N1CCC(c2cnc(Cc3ccccc3)o2)CC1. The maximum atomic E-state index is 12.5. The van der Waals surface area contributed by atoms with Crippen molar-refractivity contribution in [3.63, 3.8) is 0 Å². The zero-order chi connectivity index (χ0) is 17.8. The number of hydrogen-bond acceptors (Lipinski definition) is 3. The fourth-order valence-electron chi connectivity index (χ4n) is 3.50. The van der Waals surface area contributed by atoms with Gasteiger partial charge in [-0.25, -0.2) is 4.98 Å². The van der Waals surface area contributed by atoms with Crippen molar-refractivity contribution in [3.8, 4) is 0 Å². The standard InChI is InChI=1S/C22H22N2O2/c25-22(19-9-5-2-6-10-19)24-13-11-18(12-14-24)20-16-23-21(26-20)15-17-7-3-1-4-8-17/h1-10,16,18H,11-15H2. The Morgan fingerprint density at radius 1 is 1.00 bits per heavy atom. The first-order valence-corrected chi connectivity index (χ1v) is 9.12. The van der Waals surface area contributed by atoms with E-state index in [9.17, 15) is 4.79 Å². The molecule has 0 bridgehead atoms. The van der Waals surface area contributed by atoms with E-state index in [2.05, 4.69) is 17.1 Å². The first-order chi connectivity index (χ1) is 12.8. The summed E-state index contributed by atoms with van der Waals surface area (Å²) in [7, 11) is 0. The molecule has 0 aliphatic carbocycles. The van der Waals surface area contributed by atoms with Crippen LogP contribution in [0.25, 0.3) is 0 Å². The summed E-state index contributed by atoms with van der Waals surface area (Å²) in [5, 5.41) is 0. The minimum absolute atomic E-state index is 0.117. The van der Waals surface area contributed by atoms with Gasteiger partial charge < -0.3 is 9.32 Å². The van der Waals surface area contributed by atoms with Crippen molar-refractivity contribution in [3.05, 3.63) is 89.6 Å². The normalized spacial score (nSPS) is 15.2. The van der Waals surface area contributed by atoms with Crippen molar-refractivity contribution >= 4 is 5.91 Å².